The molecule has 1 amide bonds. The van der Waals surface area contributed by atoms with Crippen LogP contribution < -0.4 is 0 Å². The summed E-state index contributed by atoms with van der Waals surface area (Å²) in [4.78, 5) is 30.5. The monoisotopic (exact) mass is 573 g/mol. The molecule has 1 aliphatic heterocycles. The summed E-state index contributed by atoms with van der Waals surface area (Å²) in [5.41, 5.74) is 7.72. The molecule has 0 aliphatic carbocycles. The first-order valence-electron chi connectivity index (χ1n) is 15.8. The topological polar surface area (TPSA) is 64.6 Å². The first kappa shape index (κ1) is 29.1. The van der Waals surface area contributed by atoms with Crippen molar-refractivity contribution in [2.24, 2.45) is 4.99 Å². The zero-order valence-electron chi connectivity index (χ0n) is 26.2. The number of aliphatic imine (C=N–C) groups is 1. The smallest absolute Gasteiger partial charge is 0.223 e. The molecule has 0 unspecified atom stereocenters. The number of hydrogen-bond donors (Lipinski definition) is 1. The fraction of sp³-hybridized carbons (Fsp3) is 0.378. The zero-order chi connectivity index (χ0) is 30.1. The Morgan fingerprint density at radius 1 is 1.00 bits per heavy atom. The van der Waals surface area contributed by atoms with Crippen molar-refractivity contribution in [3.63, 3.8) is 0 Å². The van der Waals surface area contributed by atoms with Crippen molar-refractivity contribution in [2.75, 3.05) is 20.1 Å². The number of aromatic nitrogens is 2. The number of H-pyrrole nitrogens is 1. The number of nitrogens with zero attached hydrogens (tertiary/aromatic N) is 4. The van der Waals surface area contributed by atoms with Crippen LogP contribution in [-0.4, -0.2) is 57.6 Å². The number of carbonyl (C=O) groups excluding carboxylic acids is 1. The highest BCUT2D eigenvalue weighted by Crippen LogP contribution is 2.34. The van der Waals surface area contributed by atoms with E-state index >= 15 is 0 Å². The molecule has 222 valence electrons. The maximum atomic E-state index is 12.7. The predicted octanol–water partition coefficient (Wildman–Crippen LogP) is 8.57. The normalized spacial score (nSPS) is 15.9. The summed E-state index contributed by atoms with van der Waals surface area (Å²) < 4.78 is 0. The van der Waals surface area contributed by atoms with Gasteiger partial charge in [0.1, 0.15) is 5.82 Å². The number of rotatable bonds is 9. The third-order valence-electron chi connectivity index (χ3n) is 8.96. The minimum absolute atomic E-state index is 0.112. The Balaban J connectivity index is 1.27. The lowest BCUT2D eigenvalue weighted by molar-refractivity contribution is -0.131. The lowest BCUT2D eigenvalue weighted by Gasteiger charge is -2.25. The van der Waals surface area contributed by atoms with Crippen molar-refractivity contribution in [3.8, 4) is 11.1 Å². The number of likely N-dealkylation sites (tertiary alicyclic amines) is 1. The Hall–Kier alpha value is -4.03. The molecular weight excluding hydrogens is 530 g/mol. The van der Waals surface area contributed by atoms with Gasteiger partial charge >= 0.3 is 0 Å². The lowest BCUT2D eigenvalue weighted by atomic mass is 9.96. The fourth-order valence-corrected chi connectivity index (χ4v) is 6.73. The van der Waals surface area contributed by atoms with Gasteiger partial charge in [-0.2, -0.15) is 0 Å². The highest BCUT2D eigenvalue weighted by molar-refractivity contribution is 6.06. The zero-order valence-corrected chi connectivity index (χ0v) is 26.2. The fourth-order valence-electron chi connectivity index (χ4n) is 6.73. The van der Waals surface area contributed by atoms with Crippen LogP contribution in [0.4, 0.5) is 5.69 Å². The van der Waals surface area contributed by atoms with Crippen molar-refractivity contribution in [3.05, 3.63) is 72.1 Å². The van der Waals surface area contributed by atoms with Crippen molar-refractivity contribution in [2.45, 2.75) is 72.4 Å². The Morgan fingerprint density at radius 2 is 1.72 bits per heavy atom. The summed E-state index contributed by atoms with van der Waals surface area (Å²) >= 11 is 0. The molecule has 1 saturated heterocycles. The number of fused-ring (bicyclic) bond motifs is 4. The van der Waals surface area contributed by atoms with E-state index < -0.39 is 0 Å². The van der Waals surface area contributed by atoms with Crippen LogP contribution in [-0.2, 0) is 11.3 Å². The highest BCUT2D eigenvalue weighted by atomic mass is 16.2. The van der Waals surface area contributed by atoms with Crippen LogP contribution >= 0.6 is 0 Å². The lowest BCUT2D eigenvalue weighted by Crippen LogP contribution is -2.39. The molecule has 1 aromatic heterocycles. The third kappa shape index (κ3) is 5.81. The molecule has 0 saturated carbocycles. The van der Waals surface area contributed by atoms with Gasteiger partial charge in [0.15, 0.2) is 0 Å². The molecule has 0 spiro atoms. The molecular formula is C37H43N5O. The Morgan fingerprint density at radius 3 is 2.47 bits per heavy atom. The summed E-state index contributed by atoms with van der Waals surface area (Å²) in [7, 11) is 2.14. The van der Waals surface area contributed by atoms with E-state index in [-0.39, 0.29) is 11.9 Å². The van der Waals surface area contributed by atoms with Gasteiger partial charge in [0, 0.05) is 24.1 Å². The Labute approximate surface area is 254 Å². The molecule has 0 radical (unpaired) electrons. The maximum absolute atomic E-state index is 12.7. The maximum Gasteiger partial charge on any atom is 0.223 e. The number of hydrogen-bond acceptors (Lipinski definition) is 4. The third-order valence-corrected chi connectivity index (χ3v) is 8.96. The van der Waals surface area contributed by atoms with Gasteiger partial charge in [-0.25, -0.2) is 4.98 Å². The molecule has 6 rings (SSSR count). The van der Waals surface area contributed by atoms with E-state index in [4.69, 9.17) is 9.98 Å². The molecule has 5 aromatic rings. The molecule has 1 aliphatic rings. The minimum atomic E-state index is 0.112. The number of amides is 1. The molecule has 0 bridgehead atoms. The van der Waals surface area contributed by atoms with Crippen molar-refractivity contribution in [1.82, 2.24) is 19.8 Å². The van der Waals surface area contributed by atoms with E-state index in [0.717, 1.165) is 73.6 Å². The first-order chi connectivity index (χ1) is 20.9. The Kier molecular flexibility index (Phi) is 8.31. The number of nitrogens with one attached hydrogen (secondary N) is 1. The quantitative estimate of drug-likeness (QED) is 0.180. The van der Waals surface area contributed by atoms with Crippen LogP contribution in [0.25, 0.3) is 43.7 Å². The van der Waals surface area contributed by atoms with E-state index in [0.29, 0.717) is 6.42 Å². The number of aromatic amines is 1. The summed E-state index contributed by atoms with van der Waals surface area (Å²) in [5.74, 6) is 1.27. The second-order valence-electron chi connectivity index (χ2n) is 12.2. The first-order valence-corrected chi connectivity index (χ1v) is 15.8. The van der Waals surface area contributed by atoms with E-state index in [1.165, 1.54) is 38.2 Å². The van der Waals surface area contributed by atoms with Gasteiger partial charge in [-0.3, -0.25) is 14.7 Å². The summed E-state index contributed by atoms with van der Waals surface area (Å²) in [6, 6.07) is 22.2. The average Bonchev–Trinajstić information content (AvgIpc) is 3.66. The van der Waals surface area contributed by atoms with E-state index in [1.807, 2.05) is 4.90 Å². The van der Waals surface area contributed by atoms with Crippen LogP contribution in [0.1, 0.15) is 64.3 Å². The number of aryl methyl sites for hydroxylation is 1. The predicted molar refractivity (Wildman–Crippen MR) is 180 cm³/mol. The summed E-state index contributed by atoms with van der Waals surface area (Å²) in [5, 5.41) is 4.82. The molecule has 6 nitrogen and oxygen atoms in total. The largest absolute Gasteiger partial charge is 0.340 e. The summed E-state index contributed by atoms with van der Waals surface area (Å²) in [6.45, 7) is 11.2. The average molecular weight is 574 g/mol. The van der Waals surface area contributed by atoms with Gasteiger partial charge in [0.05, 0.1) is 29.3 Å². The van der Waals surface area contributed by atoms with Crippen LogP contribution in [0.3, 0.4) is 0 Å². The molecule has 43 heavy (non-hydrogen) atoms. The van der Waals surface area contributed by atoms with E-state index in [2.05, 4.69) is 105 Å². The number of imidazole rings is 1. The highest BCUT2D eigenvalue weighted by Gasteiger charge is 2.30. The van der Waals surface area contributed by atoms with Gasteiger partial charge in [0.25, 0.3) is 0 Å². The second kappa shape index (κ2) is 12.3. The SMILES string of the molecule is CCCC(=O)N1CCC[C@H]1/C(C)=N/c1ccc2cc(-c3ccc4c(ccc5nc(CN(C)CCC)[nH]c54)c3)ccc2c1C. The molecule has 4 aromatic carbocycles. The van der Waals surface area contributed by atoms with Crippen LogP contribution in [0, 0.1) is 6.92 Å². The van der Waals surface area contributed by atoms with Crippen molar-refractivity contribution < 1.29 is 4.79 Å². The van der Waals surface area contributed by atoms with Gasteiger partial charge < -0.3 is 9.88 Å². The molecule has 1 N–H and O–H groups in total. The van der Waals surface area contributed by atoms with Crippen LogP contribution in [0.15, 0.2) is 65.7 Å². The number of carbonyl (C=O) groups is 1. The van der Waals surface area contributed by atoms with Gasteiger partial charge in [0.2, 0.25) is 5.91 Å². The van der Waals surface area contributed by atoms with Crippen LogP contribution in [0.5, 0.6) is 0 Å². The van der Waals surface area contributed by atoms with Crippen molar-refractivity contribution >= 4 is 49.9 Å². The molecule has 6 heteroatoms. The van der Waals surface area contributed by atoms with Crippen molar-refractivity contribution in [1.29, 1.82) is 0 Å². The number of benzene rings is 4. The molecule has 1 fully saturated rings. The second-order valence-corrected chi connectivity index (χ2v) is 12.2. The van der Waals surface area contributed by atoms with Gasteiger partial charge in [-0.05, 0) is 110 Å². The van der Waals surface area contributed by atoms with E-state index in [9.17, 15) is 4.79 Å². The van der Waals surface area contributed by atoms with Crippen LogP contribution in [0.2, 0.25) is 0 Å². The Bertz CT molecular complexity index is 1830. The van der Waals surface area contributed by atoms with Gasteiger partial charge in [-0.15, -0.1) is 0 Å². The van der Waals surface area contributed by atoms with E-state index in [1.54, 1.807) is 0 Å². The minimum Gasteiger partial charge on any atom is -0.340 e. The molecule has 2 heterocycles. The standard InChI is InChI=1S/C37H43N5O/c1-6-9-36(43)42-20-8-10-34(42)25(4)38-32-17-13-28-21-26(11-15-30(28)24(32)3)27-12-16-31-29(22-27)14-18-33-37(31)40-35(39-33)23-41(5)19-7-2/h11-18,21-22,34H,6-10,19-20,23H2,1-5H3,(H,39,40)/b38-25+/t34-/m0/s1. The van der Waals surface area contributed by atoms with Gasteiger partial charge in [-0.1, -0.05) is 50.2 Å². The summed E-state index contributed by atoms with van der Waals surface area (Å²) in [6.07, 6.45) is 4.67. The molecule has 1 atom stereocenters.